The van der Waals surface area contributed by atoms with E-state index in [9.17, 15) is 0 Å². The first kappa shape index (κ1) is 12.8. The van der Waals surface area contributed by atoms with Gasteiger partial charge in [0.2, 0.25) is 0 Å². The molecule has 0 amide bonds. The Morgan fingerprint density at radius 3 is 2.71 bits per heavy atom. The lowest BCUT2D eigenvalue weighted by atomic mass is 9.96. The van der Waals surface area contributed by atoms with Gasteiger partial charge in [0.1, 0.15) is 12.1 Å². The number of halogens is 1. The second-order valence-corrected chi connectivity index (χ2v) is 5.74. The fourth-order valence-electron chi connectivity index (χ4n) is 2.38. The highest BCUT2D eigenvalue weighted by molar-refractivity contribution is 9.10. The first-order valence-corrected chi connectivity index (χ1v) is 6.81. The van der Waals surface area contributed by atoms with Gasteiger partial charge >= 0.3 is 0 Å². The van der Waals surface area contributed by atoms with Crippen molar-refractivity contribution < 1.29 is 0 Å². The molecule has 94 valence electrons. The van der Waals surface area contributed by atoms with Crippen molar-refractivity contribution in [3.05, 3.63) is 17.0 Å². The molecule has 1 aromatic heterocycles. The van der Waals surface area contributed by atoms with E-state index >= 15 is 0 Å². The molecule has 1 saturated heterocycles. The Labute approximate surface area is 111 Å². The lowest BCUT2D eigenvalue weighted by Gasteiger charge is -2.34. The van der Waals surface area contributed by atoms with Crippen molar-refractivity contribution in [3.63, 3.8) is 0 Å². The molecule has 0 unspecified atom stereocenters. The predicted octanol–water partition coefficient (Wildman–Crippen LogP) is 2.02. The summed E-state index contributed by atoms with van der Waals surface area (Å²) in [4.78, 5) is 13.0. The molecular formula is C12H19BrN4. The van der Waals surface area contributed by atoms with E-state index in [1.807, 2.05) is 6.20 Å². The maximum Gasteiger partial charge on any atom is 0.146 e. The van der Waals surface area contributed by atoms with E-state index in [0.29, 0.717) is 0 Å². The Balaban J connectivity index is 1.93. The summed E-state index contributed by atoms with van der Waals surface area (Å²) in [6, 6.07) is 0. The number of anilines is 1. The predicted molar refractivity (Wildman–Crippen MR) is 73.2 cm³/mol. The van der Waals surface area contributed by atoms with Crippen LogP contribution in [0.5, 0.6) is 0 Å². The Hall–Kier alpha value is -0.680. The lowest BCUT2D eigenvalue weighted by Crippen LogP contribution is -2.37. The van der Waals surface area contributed by atoms with Crippen LogP contribution in [-0.4, -0.2) is 48.6 Å². The van der Waals surface area contributed by atoms with Gasteiger partial charge in [0.05, 0.1) is 4.47 Å². The summed E-state index contributed by atoms with van der Waals surface area (Å²) in [5, 5.41) is 0. The Morgan fingerprint density at radius 1 is 1.41 bits per heavy atom. The molecule has 0 atom stereocenters. The number of nitrogens with zero attached hydrogens (tertiary/aromatic N) is 4. The summed E-state index contributed by atoms with van der Waals surface area (Å²) in [7, 11) is 4.29. The van der Waals surface area contributed by atoms with Gasteiger partial charge in [0, 0.05) is 25.8 Å². The fraction of sp³-hybridized carbons (Fsp3) is 0.667. The molecule has 2 heterocycles. The minimum absolute atomic E-state index is 0.821. The molecule has 0 aromatic carbocycles. The Kier molecular flexibility index (Phi) is 4.34. The molecule has 1 aliphatic rings. The molecule has 0 radical (unpaired) electrons. The standard InChI is InChI=1S/C12H19BrN4/c1-16(2)8-10-3-5-17(6-4-10)12-11(13)7-14-9-15-12/h7,9-10H,3-6,8H2,1-2H3. The van der Waals surface area contributed by atoms with Crippen molar-refractivity contribution in [1.82, 2.24) is 14.9 Å². The molecule has 4 nitrogen and oxygen atoms in total. The van der Waals surface area contributed by atoms with Crippen molar-refractivity contribution in [3.8, 4) is 0 Å². The van der Waals surface area contributed by atoms with Gasteiger partial charge < -0.3 is 9.80 Å². The van der Waals surface area contributed by atoms with Crippen molar-refractivity contribution >= 4 is 21.7 Å². The second kappa shape index (κ2) is 5.78. The maximum atomic E-state index is 4.35. The molecule has 2 rings (SSSR count). The van der Waals surface area contributed by atoms with E-state index < -0.39 is 0 Å². The summed E-state index contributed by atoms with van der Waals surface area (Å²) in [6.07, 6.45) is 5.92. The highest BCUT2D eigenvalue weighted by atomic mass is 79.9. The van der Waals surface area contributed by atoms with Gasteiger partial charge in [-0.2, -0.15) is 0 Å². The summed E-state index contributed by atoms with van der Waals surface area (Å²) in [5.74, 6) is 1.85. The summed E-state index contributed by atoms with van der Waals surface area (Å²) >= 11 is 3.51. The zero-order chi connectivity index (χ0) is 12.3. The molecule has 5 heteroatoms. The van der Waals surface area contributed by atoms with Crippen LogP contribution in [0, 0.1) is 5.92 Å². The molecule has 17 heavy (non-hydrogen) atoms. The molecular weight excluding hydrogens is 280 g/mol. The van der Waals surface area contributed by atoms with Crippen LogP contribution in [0.25, 0.3) is 0 Å². The summed E-state index contributed by atoms with van der Waals surface area (Å²) in [5.41, 5.74) is 0. The van der Waals surface area contributed by atoms with E-state index in [4.69, 9.17) is 0 Å². The van der Waals surface area contributed by atoms with Crippen LogP contribution in [0.3, 0.4) is 0 Å². The molecule has 0 N–H and O–H groups in total. The fourth-order valence-corrected chi connectivity index (χ4v) is 2.85. The van der Waals surface area contributed by atoms with Crippen LogP contribution in [0.15, 0.2) is 17.0 Å². The molecule has 0 spiro atoms. The second-order valence-electron chi connectivity index (χ2n) is 4.89. The van der Waals surface area contributed by atoms with Crippen molar-refractivity contribution in [2.45, 2.75) is 12.8 Å². The quantitative estimate of drug-likeness (QED) is 0.855. The Bertz CT molecular complexity index is 361. The third kappa shape index (κ3) is 3.39. The van der Waals surface area contributed by atoms with E-state index in [0.717, 1.165) is 29.3 Å². The highest BCUT2D eigenvalue weighted by Gasteiger charge is 2.21. The van der Waals surface area contributed by atoms with Gasteiger partial charge in [0.25, 0.3) is 0 Å². The number of hydrogen-bond acceptors (Lipinski definition) is 4. The van der Waals surface area contributed by atoms with Crippen LogP contribution >= 0.6 is 15.9 Å². The lowest BCUT2D eigenvalue weighted by molar-refractivity contribution is 0.284. The molecule has 0 aliphatic carbocycles. The Morgan fingerprint density at radius 2 is 2.12 bits per heavy atom. The zero-order valence-corrected chi connectivity index (χ0v) is 12.0. The third-order valence-electron chi connectivity index (χ3n) is 3.19. The van der Waals surface area contributed by atoms with Crippen LogP contribution in [0.1, 0.15) is 12.8 Å². The van der Waals surface area contributed by atoms with E-state index in [1.165, 1.54) is 19.4 Å². The number of aromatic nitrogens is 2. The number of rotatable bonds is 3. The van der Waals surface area contributed by atoms with Crippen molar-refractivity contribution in [2.24, 2.45) is 5.92 Å². The van der Waals surface area contributed by atoms with E-state index in [1.54, 1.807) is 6.33 Å². The topological polar surface area (TPSA) is 32.3 Å². The third-order valence-corrected chi connectivity index (χ3v) is 3.74. The zero-order valence-electron chi connectivity index (χ0n) is 10.4. The monoisotopic (exact) mass is 298 g/mol. The first-order valence-electron chi connectivity index (χ1n) is 6.02. The summed E-state index contributed by atoms with van der Waals surface area (Å²) in [6.45, 7) is 3.38. The van der Waals surface area contributed by atoms with Gasteiger partial charge in [-0.15, -0.1) is 0 Å². The number of hydrogen-bond donors (Lipinski definition) is 0. The van der Waals surface area contributed by atoms with Crippen LogP contribution in [0.2, 0.25) is 0 Å². The first-order chi connectivity index (χ1) is 8.16. The highest BCUT2D eigenvalue weighted by Crippen LogP contribution is 2.27. The van der Waals surface area contributed by atoms with Gasteiger partial charge in [0.15, 0.2) is 0 Å². The van der Waals surface area contributed by atoms with Gasteiger partial charge in [-0.25, -0.2) is 9.97 Å². The van der Waals surface area contributed by atoms with Gasteiger partial charge in [-0.05, 0) is 48.8 Å². The molecule has 0 saturated carbocycles. The molecule has 0 bridgehead atoms. The normalized spacial score (nSPS) is 17.8. The average molecular weight is 299 g/mol. The molecule has 1 fully saturated rings. The van der Waals surface area contributed by atoms with Crippen LogP contribution < -0.4 is 4.90 Å². The van der Waals surface area contributed by atoms with Gasteiger partial charge in [-0.1, -0.05) is 0 Å². The molecule has 1 aromatic rings. The van der Waals surface area contributed by atoms with Crippen molar-refractivity contribution in [1.29, 1.82) is 0 Å². The largest absolute Gasteiger partial charge is 0.356 e. The maximum absolute atomic E-state index is 4.35. The van der Waals surface area contributed by atoms with Crippen molar-refractivity contribution in [2.75, 3.05) is 38.6 Å². The van der Waals surface area contributed by atoms with Gasteiger partial charge in [-0.3, -0.25) is 0 Å². The van der Waals surface area contributed by atoms with Crippen LogP contribution in [0.4, 0.5) is 5.82 Å². The average Bonchev–Trinajstić information content (AvgIpc) is 2.30. The minimum atomic E-state index is 0.821. The van der Waals surface area contributed by atoms with E-state index in [-0.39, 0.29) is 0 Å². The SMILES string of the molecule is CN(C)CC1CCN(c2ncncc2Br)CC1. The van der Waals surface area contributed by atoms with E-state index in [2.05, 4.69) is 49.8 Å². The van der Waals surface area contributed by atoms with Crippen LogP contribution in [-0.2, 0) is 0 Å². The number of piperidine rings is 1. The molecule has 1 aliphatic heterocycles. The smallest absolute Gasteiger partial charge is 0.146 e. The minimum Gasteiger partial charge on any atom is -0.356 e. The summed E-state index contributed by atoms with van der Waals surface area (Å²) < 4.78 is 0.992.